The normalized spacial score (nSPS) is 10.5. The number of carboxylic acids is 1. The summed E-state index contributed by atoms with van der Waals surface area (Å²) in [5.74, 6) is -1.19. The molecule has 0 unspecified atom stereocenters. The van der Waals surface area contributed by atoms with Crippen LogP contribution >= 0.6 is 0 Å². The number of carbonyl (C=O) groups is 2. The van der Waals surface area contributed by atoms with E-state index in [-0.39, 0.29) is 5.97 Å². The molecule has 0 aliphatic carbocycles. The van der Waals surface area contributed by atoms with E-state index in [0.29, 0.717) is 0 Å². The number of allylic oxidation sites excluding steroid dienone is 1. The highest BCUT2D eigenvalue weighted by molar-refractivity contribution is 6.23. The minimum absolute atomic E-state index is 0.206. The summed E-state index contributed by atoms with van der Waals surface area (Å²) in [6, 6.07) is 0. The zero-order valence-electron chi connectivity index (χ0n) is 8.96. The molecule has 5 heteroatoms. The molecule has 0 rings (SSSR count). The number of rotatable bonds is 2. The van der Waals surface area contributed by atoms with Crippen molar-refractivity contribution in [1.29, 1.82) is 0 Å². The van der Waals surface area contributed by atoms with Crippen molar-refractivity contribution in [3.63, 3.8) is 0 Å². The van der Waals surface area contributed by atoms with Crippen LogP contribution in [0.25, 0.3) is 0 Å². The van der Waals surface area contributed by atoms with Crippen molar-refractivity contribution in [3.8, 4) is 0 Å². The molecule has 0 spiro atoms. The first-order chi connectivity index (χ1) is 6.36. The van der Waals surface area contributed by atoms with Gasteiger partial charge in [0, 0.05) is 21.9 Å². The van der Waals surface area contributed by atoms with Gasteiger partial charge in [0.15, 0.2) is 0 Å². The summed E-state index contributed by atoms with van der Waals surface area (Å²) in [4.78, 5) is 19.9. The lowest BCUT2D eigenvalue weighted by Crippen LogP contribution is -2.03. The highest BCUT2D eigenvalue weighted by Crippen LogP contribution is 1.99. The molecule has 0 saturated heterocycles. The van der Waals surface area contributed by atoms with Gasteiger partial charge in [0.05, 0.1) is 7.11 Å². The van der Waals surface area contributed by atoms with Crippen LogP contribution in [0.3, 0.4) is 0 Å². The molecule has 14 heavy (non-hydrogen) atoms. The van der Waals surface area contributed by atoms with Gasteiger partial charge < -0.3 is 9.84 Å². The SMILES string of the molecule is C=CC(=O)O.COC(=O)C(C)=C(C)[SiH3]. The Morgan fingerprint density at radius 3 is 1.86 bits per heavy atom. The smallest absolute Gasteiger partial charge is 0.332 e. The Hall–Kier alpha value is -1.36. The second-order valence-corrected chi connectivity index (χ2v) is 4.16. The summed E-state index contributed by atoms with van der Waals surface area (Å²) >= 11 is 0. The Labute approximate surface area is 86.7 Å². The van der Waals surface area contributed by atoms with E-state index in [1.54, 1.807) is 6.92 Å². The quantitative estimate of drug-likeness (QED) is 0.403. The number of carboxylic acid groups (broad SMARTS) is 1. The molecule has 0 aliphatic heterocycles. The van der Waals surface area contributed by atoms with Crippen molar-refractivity contribution in [2.75, 3.05) is 7.11 Å². The molecular formula is C9H16O4Si. The van der Waals surface area contributed by atoms with E-state index >= 15 is 0 Å². The highest BCUT2D eigenvalue weighted by atomic mass is 28.1. The maximum Gasteiger partial charge on any atom is 0.332 e. The Kier molecular flexibility index (Phi) is 8.91. The second kappa shape index (κ2) is 8.24. The van der Waals surface area contributed by atoms with Gasteiger partial charge >= 0.3 is 11.9 Å². The van der Waals surface area contributed by atoms with Gasteiger partial charge in [0.1, 0.15) is 0 Å². The molecule has 0 radical (unpaired) electrons. The van der Waals surface area contributed by atoms with Gasteiger partial charge in [-0.1, -0.05) is 11.8 Å². The minimum Gasteiger partial charge on any atom is -0.478 e. The van der Waals surface area contributed by atoms with Crippen molar-refractivity contribution < 1.29 is 19.4 Å². The fraction of sp³-hybridized carbons (Fsp3) is 0.333. The van der Waals surface area contributed by atoms with Crippen LogP contribution in [0.5, 0.6) is 0 Å². The van der Waals surface area contributed by atoms with E-state index in [4.69, 9.17) is 5.11 Å². The summed E-state index contributed by atoms with van der Waals surface area (Å²) < 4.78 is 4.50. The van der Waals surface area contributed by atoms with Gasteiger partial charge in [-0.3, -0.25) is 0 Å². The molecule has 0 aromatic rings. The minimum atomic E-state index is -0.981. The van der Waals surface area contributed by atoms with Crippen molar-refractivity contribution in [3.05, 3.63) is 23.4 Å². The molecule has 0 bridgehead atoms. The van der Waals surface area contributed by atoms with E-state index in [1.165, 1.54) is 7.11 Å². The first-order valence-corrected chi connectivity index (χ1v) is 4.94. The Morgan fingerprint density at radius 1 is 1.43 bits per heavy atom. The van der Waals surface area contributed by atoms with Crippen molar-refractivity contribution in [2.45, 2.75) is 13.8 Å². The number of aliphatic carboxylic acids is 1. The average Bonchev–Trinajstić information content (AvgIpc) is 2.16. The van der Waals surface area contributed by atoms with Crippen LogP contribution in [0.4, 0.5) is 0 Å². The zero-order valence-corrected chi connectivity index (χ0v) is 11.0. The van der Waals surface area contributed by atoms with Crippen LogP contribution < -0.4 is 0 Å². The molecule has 0 aromatic heterocycles. The summed E-state index contributed by atoms with van der Waals surface area (Å²) in [5.41, 5.74) is 0.754. The predicted octanol–water partition coefficient (Wildman–Crippen LogP) is 0.0757. The summed E-state index contributed by atoms with van der Waals surface area (Å²) in [5, 5.41) is 8.74. The van der Waals surface area contributed by atoms with Gasteiger partial charge in [-0.25, -0.2) is 9.59 Å². The van der Waals surface area contributed by atoms with Crippen LogP contribution in [0.2, 0.25) is 0 Å². The first kappa shape index (κ1) is 15.1. The third-order valence-electron chi connectivity index (χ3n) is 1.42. The standard InChI is InChI=1S/C6H12O2Si.C3H4O2/c1-4(5(2)9)6(7)8-3;1-2-3(4)5/h1-3,9H3;2H,1H2,(H,4,5). The fourth-order valence-electron chi connectivity index (χ4n) is 0.357. The fourth-order valence-corrected chi connectivity index (χ4v) is 0.561. The van der Waals surface area contributed by atoms with E-state index in [9.17, 15) is 9.59 Å². The lowest BCUT2D eigenvalue weighted by atomic mass is 10.3. The van der Waals surface area contributed by atoms with Crippen molar-refractivity contribution in [2.24, 2.45) is 0 Å². The second-order valence-electron chi connectivity index (χ2n) is 2.66. The Morgan fingerprint density at radius 2 is 1.79 bits per heavy atom. The van der Waals surface area contributed by atoms with Crippen LogP contribution in [-0.2, 0) is 14.3 Å². The number of hydrogen-bond acceptors (Lipinski definition) is 3. The van der Waals surface area contributed by atoms with Gasteiger partial charge in [-0.05, 0) is 13.8 Å². The van der Waals surface area contributed by atoms with Crippen LogP contribution in [0.1, 0.15) is 13.8 Å². The summed E-state index contributed by atoms with van der Waals surface area (Å²) in [6.07, 6.45) is 0.833. The third kappa shape index (κ3) is 8.73. The van der Waals surface area contributed by atoms with Gasteiger partial charge in [-0.15, -0.1) is 0 Å². The number of carbonyl (C=O) groups excluding carboxylic acids is 1. The number of ether oxygens (including phenoxy) is 1. The van der Waals surface area contributed by atoms with E-state index < -0.39 is 5.97 Å². The third-order valence-corrected chi connectivity index (χ3v) is 2.17. The average molecular weight is 216 g/mol. The molecule has 0 amide bonds. The summed E-state index contributed by atoms with van der Waals surface area (Å²) in [7, 11) is 2.33. The lowest BCUT2D eigenvalue weighted by Gasteiger charge is -1.98. The molecule has 0 aromatic carbocycles. The van der Waals surface area contributed by atoms with Crippen LogP contribution in [0.15, 0.2) is 23.4 Å². The summed E-state index contributed by atoms with van der Waals surface area (Å²) in [6.45, 7) is 6.69. The van der Waals surface area contributed by atoms with Crippen LogP contribution in [-0.4, -0.2) is 34.4 Å². The first-order valence-electron chi connectivity index (χ1n) is 3.94. The number of hydrogen-bond donors (Lipinski definition) is 1. The molecule has 0 heterocycles. The molecule has 0 fully saturated rings. The maximum absolute atomic E-state index is 10.7. The molecule has 80 valence electrons. The van der Waals surface area contributed by atoms with Gasteiger partial charge in [0.25, 0.3) is 0 Å². The molecular weight excluding hydrogens is 200 g/mol. The molecule has 0 saturated carbocycles. The lowest BCUT2D eigenvalue weighted by molar-refractivity contribution is -0.136. The molecule has 4 nitrogen and oxygen atoms in total. The maximum atomic E-state index is 10.7. The van der Waals surface area contributed by atoms with Crippen LogP contribution in [0, 0.1) is 0 Å². The molecule has 0 aliphatic rings. The number of esters is 1. The number of methoxy groups -OCH3 is 1. The largest absolute Gasteiger partial charge is 0.478 e. The van der Waals surface area contributed by atoms with E-state index in [1.807, 2.05) is 6.92 Å². The van der Waals surface area contributed by atoms with Gasteiger partial charge in [-0.2, -0.15) is 0 Å². The molecule has 1 N–H and O–H groups in total. The zero-order chi connectivity index (χ0) is 11.7. The van der Waals surface area contributed by atoms with Crippen molar-refractivity contribution >= 4 is 22.2 Å². The topological polar surface area (TPSA) is 63.6 Å². The Balaban J connectivity index is 0. The van der Waals surface area contributed by atoms with Gasteiger partial charge in [0.2, 0.25) is 0 Å². The van der Waals surface area contributed by atoms with E-state index in [2.05, 4.69) is 11.3 Å². The Bertz CT molecular complexity index is 252. The van der Waals surface area contributed by atoms with Crippen molar-refractivity contribution in [1.82, 2.24) is 0 Å². The predicted molar refractivity (Wildman–Crippen MR) is 58.2 cm³/mol. The molecule has 0 atom stereocenters. The van der Waals surface area contributed by atoms with E-state index in [0.717, 1.165) is 27.1 Å². The monoisotopic (exact) mass is 216 g/mol. The highest BCUT2D eigenvalue weighted by Gasteiger charge is 2.02.